The SMILES string of the molecule is CCOC1CC(NCC(=O)NC2CCCCCC2)C1(C)C. The second-order valence-corrected chi connectivity index (χ2v) is 7.19. The Hall–Kier alpha value is -0.610. The van der Waals surface area contributed by atoms with Crippen LogP contribution < -0.4 is 10.6 Å². The van der Waals surface area contributed by atoms with Crippen LogP contribution in [0.5, 0.6) is 0 Å². The van der Waals surface area contributed by atoms with Crippen molar-refractivity contribution in [3.8, 4) is 0 Å². The molecule has 0 aliphatic heterocycles. The molecular weight excluding hydrogens is 264 g/mol. The lowest BCUT2D eigenvalue weighted by atomic mass is 9.64. The highest BCUT2D eigenvalue weighted by Gasteiger charge is 2.48. The molecule has 2 unspecified atom stereocenters. The molecule has 0 aromatic rings. The Morgan fingerprint density at radius 2 is 1.86 bits per heavy atom. The quantitative estimate of drug-likeness (QED) is 0.741. The number of carbonyl (C=O) groups is 1. The Morgan fingerprint density at radius 1 is 1.19 bits per heavy atom. The van der Waals surface area contributed by atoms with Crippen molar-refractivity contribution in [2.45, 2.75) is 83.9 Å². The molecule has 2 aliphatic rings. The molecule has 122 valence electrons. The van der Waals surface area contributed by atoms with E-state index in [0.29, 0.717) is 24.7 Å². The van der Waals surface area contributed by atoms with Crippen LogP contribution in [-0.4, -0.2) is 37.2 Å². The summed E-state index contributed by atoms with van der Waals surface area (Å²) >= 11 is 0. The van der Waals surface area contributed by atoms with Crippen LogP contribution in [0.4, 0.5) is 0 Å². The highest BCUT2D eigenvalue weighted by atomic mass is 16.5. The van der Waals surface area contributed by atoms with E-state index in [0.717, 1.165) is 25.9 Å². The Balaban J connectivity index is 1.67. The summed E-state index contributed by atoms with van der Waals surface area (Å²) in [6.45, 7) is 7.68. The minimum absolute atomic E-state index is 0.124. The maximum atomic E-state index is 12.1. The Bertz CT molecular complexity index is 336. The molecule has 2 atom stereocenters. The second-order valence-electron chi connectivity index (χ2n) is 7.19. The molecule has 0 saturated heterocycles. The fourth-order valence-electron chi connectivity index (χ4n) is 3.63. The highest BCUT2D eigenvalue weighted by molar-refractivity contribution is 5.78. The lowest BCUT2D eigenvalue weighted by Crippen LogP contribution is -2.62. The normalized spacial score (nSPS) is 29.5. The summed E-state index contributed by atoms with van der Waals surface area (Å²) < 4.78 is 5.72. The third-order valence-electron chi connectivity index (χ3n) is 5.27. The molecule has 4 heteroatoms. The minimum Gasteiger partial charge on any atom is -0.378 e. The zero-order valence-electron chi connectivity index (χ0n) is 13.9. The summed E-state index contributed by atoms with van der Waals surface area (Å²) in [4.78, 5) is 12.1. The monoisotopic (exact) mass is 296 g/mol. The predicted molar refractivity (Wildman–Crippen MR) is 85.2 cm³/mol. The average Bonchev–Trinajstić information content (AvgIpc) is 2.70. The number of hydrogen-bond donors (Lipinski definition) is 2. The topological polar surface area (TPSA) is 50.4 Å². The number of ether oxygens (including phenoxy) is 1. The molecule has 0 heterocycles. The van der Waals surface area contributed by atoms with Gasteiger partial charge in [0, 0.05) is 24.1 Å². The molecule has 4 nitrogen and oxygen atoms in total. The maximum absolute atomic E-state index is 12.1. The molecular formula is C17H32N2O2. The van der Waals surface area contributed by atoms with Crippen molar-refractivity contribution in [1.82, 2.24) is 10.6 Å². The van der Waals surface area contributed by atoms with Crippen molar-refractivity contribution in [3.05, 3.63) is 0 Å². The van der Waals surface area contributed by atoms with Gasteiger partial charge in [-0.1, -0.05) is 39.5 Å². The summed E-state index contributed by atoms with van der Waals surface area (Å²) in [6.07, 6.45) is 8.77. The van der Waals surface area contributed by atoms with E-state index in [1.54, 1.807) is 0 Å². The molecule has 2 rings (SSSR count). The van der Waals surface area contributed by atoms with E-state index in [2.05, 4.69) is 24.5 Å². The van der Waals surface area contributed by atoms with E-state index in [1.807, 2.05) is 6.92 Å². The molecule has 0 aromatic carbocycles. The van der Waals surface area contributed by atoms with Gasteiger partial charge in [0.2, 0.25) is 5.91 Å². The lowest BCUT2D eigenvalue weighted by Gasteiger charge is -2.51. The van der Waals surface area contributed by atoms with Gasteiger partial charge in [0.05, 0.1) is 12.6 Å². The summed E-state index contributed by atoms with van der Waals surface area (Å²) in [7, 11) is 0. The molecule has 0 aromatic heterocycles. The van der Waals surface area contributed by atoms with Gasteiger partial charge in [-0.15, -0.1) is 0 Å². The van der Waals surface area contributed by atoms with Crippen LogP contribution >= 0.6 is 0 Å². The standard InChI is InChI=1S/C17H32N2O2/c1-4-21-15-11-14(17(15,2)3)18-12-16(20)19-13-9-7-5-6-8-10-13/h13-15,18H,4-12H2,1-3H3,(H,19,20). The minimum atomic E-state index is 0.124. The molecule has 0 bridgehead atoms. The van der Waals surface area contributed by atoms with E-state index in [9.17, 15) is 4.79 Å². The first-order valence-corrected chi connectivity index (χ1v) is 8.68. The van der Waals surface area contributed by atoms with E-state index in [-0.39, 0.29) is 11.3 Å². The van der Waals surface area contributed by atoms with Gasteiger partial charge in [-0.25, -0.2) is 0 Å². The largest absolute Gasteiger partial charge is 0.378 e. The van der Waals surface area contributed by atoms with Crippen LogP contribution in [0.3, 0.4) is 0 Å². The third kappa shape index (κ3) is 4.43. The average molecular weight is 296 g/mol. The Labute approximate surface area is 129 Å². The van der Waals surface area contributed by atoms with Crippen molar-refractivity contribution in [2.24, 2.45) is 5.41 Å². The number of rotatable bonds is 6. The van der Waals surface area contributed by atoms with Gasteiger partial charge in [-0.3, -0.25) is 4.79 Å². The van der Waals surface area contributed by atoms with Gasteiger partial charge >= 0.3 is 0 Å². The molecule has 2 N–H and O–H groups in total. The Morgan fingerprint density at radius 3 is 2.43 bits per heavy atom. The van der Waals surface area contributed by atoms with E-state index < -0.39 is 0 Å². The van der Waals surface area contributed by atoms with E-state index in [4.69, 9.17) is 4.74 Å². The number of carbonyl (C=O) groups excluding carboxylic acids is 1. The lowest BCUT2D eigenvalue weighted by molar-refractivity contribution is -0.126. The first kappa shape index (κ1) is 16.8. The summed E-state index contributed by atoms with van der Waals surface area (Å²) in [6, 6.07) is 0.779. The van der Waals surface area contributed by atoms with Gasteiger partial charge in [0.1, 0.15) is 0 Å². The van der Waals surface area contributed by atoms with E-state index in [1.165, 1.54) is 25.7 Å². The van der Waals surface area contributed by atoms with Gasteiger partial charge in [0.25, 0.3) is 0 Å². The molecule has 0 spiro atoms. The maximum Gasteiger partial charge on any atom is 0.234 e. The van der Waals surface area contributed by atoms with Gasteiger partial charge in [0.15, 0.2) is 0 Å². The van der Waals surface area contributed by atoms with Crippen molar-refractivity contribution >= 4 is 5.91 Å². The van der Waals surface area contributed by atoms with Gasteiger partial charge in [-0.2, -0.15) is 0 Å². The van der Waals surface area contributed by atoms with Crippen molar-refractivity contribution in [1.29, 1.82) is 0 Å². The molecule has 1 amide bonds. The highest BCUT2D eigenvalue weighted by Crippen LogP contribution is 2.42. The first-order chi connectivity index (χ1) is 10.0. The molecule has 2 aliphatic carbocycles. The molecule has 21 heavy (non-hydrogen) atoms. The number of nitrogens with one attached hydrogen (secondary N) is 2. The molecule has 2 saturated carbocycles. The van der Waals surface area contributed by atoms with Crippen LogP contribution in [0.15, 0.2) is 0 Å². The fraction of sp³-hybridized carbons (Fsp3) is 0.941. The summed E-state index contributed by atoms with van der Waals surface area (Å²) in [5, 5.41) is 6.60. The second kappa shape index (κ2) is 7.59. The zero-order chi connectivity index (χ0) is 15.3. The molecule has 2 fully saturated rings. The van der Waals surface area contributed by atoms with Crippen LogP contribution in [-0.2, 0) is 9.53 Å². The summed E-state index contributed by atoms with van der Waals surface area (Å²) in [5.41, 5.74) is 0.124. The van der Waals surface area contributed by atoms with Crippen LogP contribution in [0.25, 0.3) is 0 Å². The van der Waals surface area contributed by atoms with Crippen LogP contribution in [0.1, 0.15) is 65.7 Å². The zero-order valence-corrected chi connectivity index (χ0v) is 13.9. The van der Waals surface area contributed by atoms with E-state index >= 15 is 0 Å². The third-order valence-corrected chi connectivity index (χ3v) is 5.27. The Kier molecular flexibility index (Phi) is 6.06. The van der Waals surface area contributed by atoms with Crippen LogP contribution in [0, 0.1) is 5.41 Å². The van der Waals surface area contributed by atoms with Crippen LogP contribution in [0.2, 0.25) is 0 Å². The number of amides is 1. The van der Waals surface area contributed by atoms with Gasteiger partial charge in [-0.05, 0) is 26.2 Å². The van der Waals surface area contributed by atoms with Crippen molar-refractivity contribution < 1.29 is 9.53 Å². The first-order valence-electron chi connectivity index (χ1n) is 8.68. The number of hydrogen-bond acceptors (Lipinski definition) is 3. The fourth-order valence-corrected chi connectivity index (χ4v) is 3.63. The van der Waals surface area contributed by atoms with Crippen molar-refractivity contribution in [3.63, 3.8) is 0 Å². The molecule has 0 radical (unpaired) electrons. The predicted octanol–water partition coefficient (Wildman–Crippen LogP) is 2.62. The summed E-state index contributed by atoms with van der Waals surface area (Å²) in [5.74, 6) is 0.151. The van der Waals surface area contributed by atoms with Crippen molar-refractivity contribution in [2.75, 3.05) is 13.2 Å². The smallest absolute Gasteiger partial charge is 0.234 e. The van der Waals surface area contributed by atoms with Gasteiger partial charge < -0.3 is 15.4 Å².